The molecule has 2 bridgehead atoms. The molecule has 0 aromatic carbocycles. The quantitative estimate of drug-likeness (QED) is 0.542. The number of amides is 2. The van der Waals surface area contributed by atoms with Crippen LogP contribution >= 0.6 is 23.2 Å². The number of fused-ring (bicyclic) bond motifs is 2. The minimum atomic E-state index is -0.573. The summed E-state index contributed by atoms with van der Waals surface area (Å²) < 4.78 is 0. The van der Waals surface area contributed by atoms with E-state index in [2.05, 4.69) is 0 Å². The average Bonchev–Trinajstić information content (AvgIpc) is 2.32. The van der Waals surface area contributed by atoms with Crippen LogP contribution < -0.4 is 0 Å². The number of carbonyl (C=O) groups excluding carboxylic acids is 1. The number of nitrogens with zero attached hydrogens (tertiary/aromatic N) is 2. The van der Waals surface area contributed by atoms with Crippen LogP contribution in [0.4, 0.5) is 4.79 Å². The van der Waals surface area contributed by atoms with Crippen LogP contribution in [0.1, 0.15) is 12.8 Å². The Labute approximate surface area is 86.0 Å². The molecule has 2 atom stereocenters. The zero-order valence-electron chi connectivity index (χ0n) is 6.86. The smallest absolute Gasteiger partial charge is 0.315 e. The van der Waals surface area contributed by atoms with Crippen LogP contribution in [0.15, 0.2) is 0 Å². The van der Waals surface area contributed by atoms with Gasteiger partial charge in [-0.1, -0.05) is 0 Å². The predicted molar refractivity (Wildman–Crippen MR) is 48.0 cm³/mol. The van der Waals surface area contributed by atoms with Gasteiger partial charge in [0.2, 0.25) is 0 Å². The van der Waals surface area contributed by atoms with E-state index in [0.29, 0.717) is 6.54 Å². The summed E-state index contributed by atoms with van der Waals surface area (Å²) in [5.74, 6) is 0. The van der Waals surface area contributed by atoms with Gasteiger partial charge in [-0.25, -0.2) is 9.86 Å². The molecule has 2 heterocycles. The zero-order chi connectivity index (χ0) is 9.59. The Morgan fingerprint density at radius 3 is 2.77 bits per heavy atom. The fourth-order valence-corrected chi connectivity index (χ4v) is 2.47. The molecule has 1 N–H and O–H groups in total. The van der Waals surface area contributed by atoms with Crippen LogP contribution in [0, 0.1) is 0 Å². The third kappa shape index (κ3) is 1.37. The van der Waals surface area contributed by atoms with Gasteiger partial charge < -0.3 is 4.90 Å². The summed E-state index contributed by atoms with van der Waals surface area (Å²) in [6.45, 7) is 0.538. The number of hydrogen-bond donors (Lipinski definition) is 1. The Morgan fingerprint density at radius 2 is 2.15 bits per heavy atom. The minimum absolute atomic E-state index is 0.0733. The number of urea groups is 1. The lowest BCUT2D eigenvalue weighted by Gasteiger charge is -2.30. The number of piperidine rings is 1. The summed E-state index contributed by atoms with van der Waals surface area (Å²) >= 11 is 11.5. The fraction of sp³-hybridized carbons (Fsp3) is 0.857. The van der Waals surface area contributed by atoms with Crippen LogP contribution in [0.3, 0.4) is 0 Å². The zero-order valence-corrected chi connectivity index (χ0v) is 8.37. The summed E-state index contributed by atoms with van der Waals surface area (Å²) in [6.07, 6.45) is 1.52. The molecular weight excluding hydrogens is 215 g/mol. The van der Waals surface area contributed by atoms with Gasteiger partial charge in [0.1, 0.15) is 4.84 Å². The van der Waals surface area contributed by atoms with Crippen molar-refractivity contribution in [3.63, 3.8) is 0 Å². The Morgan fingerprint density at radius 1 is 1.46 bits per heavy atom. The van der Waals surface area contributed by atoms with Gasteiger partial charge in [-0.3, -0.25) is 5.21 Å². The second-order valence-corrected chi connectivity index (χ2v) is 4.58. The average molecular weight is 225 g/mol. The highest BCUT2D eigenvalue weighted by Gasteiger charge is 2.45. The number of alkyl halides is 2. The summed E-state index contributed by atoms with van der Waals surface area (Å²) in [5.41, 5.74) is 0. The first-order valence-corrected chi connectivity index (χ1v) is 5.05. The van der Waals surface area contributed by atoms with Crippen molar-refractivity contribution in [1.29, 1.82) is 0 Å². The lowest BCUT2D eigenvalue weighted by Crippen LogP contribution is -2.43. The number of hydroxylamine groups is 2. The van der Waals surface area contributed by atoms with Crippen molar-refractivity contribution in [2.45, 2.75) is 29.8 Å². The molecule has 2 unspecified atom stereocenters. The molecule has 2 fully saturated rings. The molecule has 0 radical (unpaired) electrons. The Kier molecular flexibility index (Phi) is 2.30. The van der Waals surface area contributed by atoms with Crippen LogP contribution in [0.5, 0.6) is 0 Å². The van der Waals surface area contributed by atoms with Crippen LogP contribution in [-0.4, -0.2) is 44.7 Å². The molecule has 0 saturated carbocycles. The number of carbonyl (C=O) groups is 1. The van der Waals surface area contributed by atoms with E-state index in [1.807, 2.05) is 0 Å². The van der Waals surface area contributed by atoms with Crippen molar-refractivity contribution in [2.75, 3.05) is 6.54 Å². The summed E-state index contributed by atoms with van der Waals surface area (Å²) in [5, 5.41) is 10.1. The Hall–Kier alpha value is -0.190. The summed E-state index contributed by atoms with van der Waals surface area (Å²) in [7, 11) is 0. The van der Waals surface area contributed by atoms with E-state index in [1.54, 1.807) is 4.90 Å². The van der Waals surface area contributed by atoms with Gasteiger partial charge in [0.15, 0.2) is 0 Å². The van der Waals surface area contributed by atoms with Crippen LogP contribution in [-0.2, 0) is 0 Å². The molecule has 13 heavy (non-hydrogen) atoms. The van der Waals surface area contributed by atoms with Gasteiger partial charge in [-0.15, -0.1) is 23.2 Å². The monoisotopic (exact) mass is 224 g/mol. The number of halogens is 2. The lowest BCUT2D eigenvalue weighted by atomic mass is 10.0. The molecule has 2 saturated heterocycles. The molecule has 0 aromatic rings. The minimum Gasteiger partial charge on any atom is -0.315 e. The van der Waals surface area contributed by atoms with Crippen LogP contribution in [0.2, 0.25) is 0 Å². The number of hydrogen-bond acceptors (Lipinski definition) is 2. The Balaban J connectivity index is 2.17. The van der Waals surface area contributed by atoms with E-state index < -0.39 is 4.84 Å². The predicted octanol–water partition coefficient (Wildman–Crippen LogP) is 1.45. The molecule has 74 valence electrons. The number of rotatable bonds is 1. The molecule has 2 aliphatic heterocycles. The third-order valence-corrected chi connectivity index (χ3v) is 3.26. The molecular formula is C7H10Cl2N2O2. The van der Waals surface area contributed by atoms with E-state index in [-0.39, 0.29) is 18.1 Å². The fourth-order valence-electron chi connectivity index (χ4n) is 1.94. The maximum Gasteiger partial charge on any atom is 0.344 e. The van der Waals surface area contributed by atoms with E-state index in [4.69, 9.17) is 23.2 Å². The molecule has 2 aliphatic rings. The second-order valence-electron chi connectivity index (χ2n) is 3.41. The van der Waals surface area contributed by atoms with Crippen molar-refractivity contribution >= 4 is 29.2 Å². The molecule has 2 amide bonds. The van der Waals surface area contributed by atoms with E-state index in [1.165, 1.54) is 0 Å². The maximum absolute atomic E-state index is 11.4. The summed E-state index contributed by atoms with van der Waals surface area (Å²) in [6, 6.07) is -0.598. The highest BCUT2D eigenvalue weighted by atomic mass is 35.5. The van der Waals surface area contributed by atoms with Gasteiger partial charge in [-0.2, -0.15) is 0 Å². The first kappa shape index (κ1) is 9.37. The molecule has 6 heteroatoms. The molecule has 0 aliphatic carbocycles. The highest BCUT2D eigenvalue weighted by molar-refractivity contribution is 6.44. The second kappa shape index (κ2) is 3.19. The SMILES string of the molecule is O=C1N(O)C2CCC(C(Cl)Cl)N1C2. The Bertz CT molecular complexity index is 237. The van der Waals surface area contributed by atoms with Crippen molar-refractivity contribution in [2.24, 2.45) is 0 Å². The van der Waals surface area contributed by atoms with Crippen molar-refractivity contribution in [3.8, 4) is 0 Å². The first-order chi connectivity index (χ1) is 6.11. The van der Waals surface area contributed by atoms with Gasteiger partial charge in [0, 0.05) is 6.54 Å². The highest BCUT2D eigenvalue weighted by Crippen LogP contribution is 2.32. The molecule has 0 aromatic heterocycles. The van der Waals surface area contributed by atoms with Gasteiger partial charge >= 0.3 is 6.03 Å². The standard InChI is InChI=1S/C7H10Cl2N2O2/c8-6(9)5-2-1-4-3-10(5)7(12)11(4)13/h4-6,13H,1-3H2. The molecule has 4 nitrogen and oxygen atoms in total. The molecule has 0 spiro atoms. The van der Waals surface area contributed by atoms with Crippen molar-refractivity contribution < 1.29 is 10.0 Å². The molecule has 2 rings (SSSR count). The van der Waals surface area contributed by atoms with Crippen molar-refractivity contribution in [3.05, 3.63) is 0 Å². The maximum atomic E-state index is 11.4. The van der Waals surface area contributed by atoms with Crippen molar-refractivity contribution in [1.82, 2.24) is 9.96 Å². The van der Waals surface area contributed by atoms with Gasteiger partial charge in [0.05, 0.1) is 12.1 Å². The first-order valence-electron chi connectivity index (χ1n) is 4.18. The van der Waals surface area contributed by atoms with Gasteiger partial charge in [-0.05, 0) is 12.8 Å². The van der Waals surface area contributed by atoms with Crippen LogP contribution in [0.25, 0.3) is 0 Å². The van der Waals surface area contributed by atoms with Gasteiger partial charge in [0.25, 0.3) is 0 Å². The normalized spacial score (nSPS) is 33.4. The van der Waals surface area contributed by atoms with E-state index in [0.717, 1.165) is 17.9 Å². The largest absolute Gasteiger partial charge is 0.344 e. The topological polar surface area (TPSA) is 43.8 Å². The van der Waals surface area contributed by atoms with E-state index >= 15 is 0 Å². The lowest BCUT2D eigenvalue weighted by molar-refractivity contribution is -0.0583. The van der Waals surface area contributed by atoms with E-state index in [9.17, 15) is 10.0 Å². The third-order valence-electron chi connectivity index (χ3n) is 2.68. The summed E-state index contributed by atoms with van der Waals surface area (Å²) in [4.78, 5) is 12.4.